The third-order valence-corrected chi connectivity index (χ3v) is 14.2. The molecule has 0 aromatic carbocycles. The summed E-state index contributed by atoms with van der Waals surface area (Å²) in [6.07, 6.45) is 71.3. The number of rotatable bonds is 54. The molecule has 0 heterocycles. The molecule has 0 spiro atoms. The molecule has 4 atom stereocenters. The van der Waals surface area contributed by atoms with Gasteiger partial charge in [-0.1, -0.05) is 234 Å². The minimum Gasteiger partial charge on any atom is -0.390 e. The fourth-order valence-corrected chi connectivity index (χ4v) is 9.22. The van der Waals surface area contributed by atoms with Gasteiger partial charge < -0.3 is 24.9 Å². The van der Waals surface area contributed by atoms with Gasteiger partial charge in [0.15, 0.2) is 0 Å². The normalized spacial score (nSPS) is 14.9. The average molecular weight is 1040 g/mol. The van der Waals surface area contributed by atoms with E-state index in [2.05, 4.69) is 104 Å². The van der Waals surface area contributed by atoms with Crippen molar-refractivity contribution in [1.29, 1.82) is 0 Å². The van der Waals surface area contributed by atoms with Crippen LogP contribution in [-0.2, 0) is 18.4 Å². The van der Waals surface area contributed by atoms with Gasteiger partial charge in [-0.2, -0.15) is 0 Å². The van der Waals surface area contributed by atoms with Crippen LogP contribution in [-0.4, -0.2) is 84.6 Å². The number of amides is 1. The summed E-state index contributed by atoms with van der Waals surface area (Å²) in [5, 5.41) is 24.8. The Labute approximate surface area is 450 Å². The van der Waals surface area contributed by atoms with E-state index in [9.17, 15) is 24.5 Å². The first-order valence-corrected chi connectivity index (χ1v) is 31.5. The molecular formula is C63H116N2O7P+. The fraction of sp³-hybridized carbons (Fsp3) is 0.762. The van der Waals surface area contributed by atoms with Crippen LogP contribution < -0.4 is 5.32 Å². The molecule has 0 aromatic rings. The minimum absolute atomic E-state index is 0.0124. The van der Waals surface area contributed by atoms with Gasteiger partial charge in [-0.15, -0.1) is 0 Å². The lowest BCUT2D eigenvalue weighted by Gasteiger charge is -2.28. The van der Waals surface area contributed by atoms with Crippen LogP contribution >= 0.6 is 7.82 Å². The Balaban J connectivity index is 4.03. The van der Waals surface area contributed by atoms with Gasteiger partial charge in [-0.3, -0.25) is 13.8 Å². The van der Waals surface area contributed by atoms with E-state index >= 15 is 0 Å². The average Bonchev–Trinajstić information content (AvgIpc) is 3.35. The summed E-state index contributed by atoms with van der Waals surface area (Å²) < 4.78 is 23.6. The molecule has 4 N–H and O–H groups in total. The molecule has 0 rings (SSSR count). The van der Waals surface area contributed by atoms with Gasteiger partial charge in [0, 0.05) is 6.42 Å². The first-order valence-electron chi connectivity index (χ1n) is 30.0. The summed E-state index contributed by atoms with van der Waals surface area (Å²) in [4.78, 5) is 23.3. The molecule has 0 radical (unpaired) electrons. The first-order chi connectivity index (χ1) is 35.4. The van der Waals surface area contributed by atoms with E-state index < -0.39 is 32.7 Å². The van der Waals surface area contributed by atoms with Crippen molar-refractivity contribution in [2.24, 2.45) is 0 Å². The number of quaternary nitrogens is 1. The van der Waals surface area contributed by atoms with Crippen LogP contribution in [0.3, 0.4) is 0 Å². The number of phosphoric ester groups is 1. The van der Waals surface area contributed by atoms with Crippen molar-refractivity contribution in [2.45, 2.75) is 270 Å². The number of phosphoric acid groups is 1. The van der Waals surface area contributed by atoms with Gasteiger partial charge in [0.05, 0.1) is 39.9 Å². The molecule has 0 aliphatic heterocycles. The van der Waals surface area contributed by atoms with Crippen molar-refractivity contribution in [2.75, 3.05) is 40.9 Å². The zero-order valence-corrected chi connectivity index (χ0v) is 48.9. The first kappa shape index (κ1) is 70.6. The summed E-state index contributed by atoms with van der Waals surface area (Å²) in [7, 11) is 1.41. The van der Waals surface area contributed by atoms with Gasteiger partial charge in [0.2, 0.25) is 5.91 Å². The highest BCUT2D eigenvalue weighted by Gasteiger charge is 2.31. The van der Waals surface area contributed by atoms with Crippen molar-refractivity contribution < 1.29 is 38.0 Å². The molecule has 0 aliphatic rings. The van der Waals surface area contributed by atoms with Crippen molar-refractivity contribution in [1.82, 2.24) is 5.32 Å². The zero-order chi connectivity index (χ0) is 53.6. The van der Waals surface area contributed by atoms with Crippen LogP contribution in [0.25, 0.3) is 0 Å². The predicted molar refractivity (Wildman–Crippen MR) is 315 cm³/mol. The Morgan fingerprint density at radius 2 is 0.863 bits per heavy atom. The van der Waals surface area contributed by atoms with Crippen molar-refractivity contribution in [3.05, 3.63) is 85.1 Å². The molecule has 10 heteroatoms. The van der Waals surface area contributed by atoms with Gasteiger partial charge in [-0.05, 0) is 96.3 Å². The Bertz CT molecular complexity index is 1480. The summed E-state index contributed by atoms with van der Waals surface area (Å²) in [6, 6.07) is -1.06. The van der Waals surface area contributed by atoms with E-state index in [-0.39, 0.29) is 18.9 Å². The molecule has 0 bridgehead atoms. The summed E-state index contributed by atoms with van der Waals surface area (Å²) in [6.45, 7) is 4.44. The highest BCUT2D eigenvalue weighted by atomic mass is 31.2. The third kappa shape index (κ3) is 54.2. The number of allylic oxidation sites excluding steroid dienone is 14. The Morgan fingerprint density at radius 3 is 1.30 bits per heavy atom. The molecule has 424 valence electrons. The molecule has 0 fully saturated rings. The maximum atomic E-state index is 13.0. The largest absolute Gasteiger partial charge is 0.472 e. The van der Waals surface area contributed by atoms with Crippen LogP contribution in [0.5, 0.6) is 0 Å². The Kier molecular flexibility index (Phi) is 51.3. The standard InChI is InChI=1S/C63H115N2O7P/c1-6-8-10-12-14-16-18-20-21-22-23-24-25-26-27-28-29-30-31-32-33-34-35-36-37-38-39-40-41-42-43-44-46-48-50-52-54-56-62(67)64-60(59-72-73(69,70)71-58-57-65(3,4)5)63(68)61(66)55-53-51-49-47-45-19-17-15-13-11-9-7-2/h8,10,14-17,20-21,23-24,26-27,47,49,60-61,63,66,68H,6-7,9,11-13,18-19,22,25,28-46,48,50-59H2,1-5H3,(H-,64,67,69,70)/p+1/b10-8-,16-14-,17-15+,21-20-,24-23-,27-26-,49-47+. The van der Waals surface area contributed by atoms with Gasteiger partial charge in [0.1, 0.15) is 19.3 Å². The van der Waals surface area contributed by atoms with E-state index in [1.807, 2.05) is 21.1 Å². The SMILES string of the molecule is CC/C=C\C/C=C\C/C=C\C/C=C\C/C=C\CCCCCCCCCCCCCCCCCCCCCCCC(=O)NC(COP(=O)(O)OCC[N+](C)(C)C)C(O)C(O)CCC/C=C/CC/C=C/CCCCC. The number of aliphatic hydroxyl groups excluding tert-OH is 2. The lowest BCUT2D eigenvalue weighted by Crippen LogP contribution is -2.51. The molecule has 0 saturated carbocycles. The highest BCUT2D eigenvalue weighted by molar-refractivity contribution is 7.47. The van der Waals surface area contributed by atoms with Crippen LogP contribution in [0, 0.1) is 0 Å². The molecule has 1 amide bonds. The molecular weight excluding hydrogens is 928 g/mol. The zero-order valence-electron chi connectivity index (χ0n) is 48.0. The van der Waals surface area contributed by atoms with Crippen molar-refractivity contribution in [3.8, 4) is 0 Å². The smallest absolute Gasteiger partial charge is 0.390 e. The molecule has 0 aromatic heterocycles. The van der Waals surface area contributed by atoms with E-state index in [1.54, 1.807) is 0 Å². The number of nitrogens with zero attached hydrogens (tertiary/aromatic N) is 1. The second-order valence-electron chi connectivity index (χ2n) is 21.5. The van der Waals surface area contributed by atoms with Gasteiger partial charge >= 0.3 is 7.82 Å². The quantitative estimate of drug-likeness (QED) is 0.0207. The predicted octanol–water partition coefficient (Wildman–Crippen LogP) is 17.4. The van der Waals surface area contributed by atoms with Crippen LogP contribution in [0.2, 0.25) is 0 Å². The van der Waals surface area contributed by atoms with Gasteiger partial charge in [-0.25, -0.2) is 4.57 Å². The molecule has 73 heavy (non-hydrogen) atoms. The van der Waals surface area contributed by atoms with Gasteiger partial charge in [0.25, 0.3) is 0 Å². The number of nitrogens with one attached hydrogen (secondary N) is 1. The van der Waals surface area contributed by atoms with Crippen LogP contribution in [0.15, 0.2) is 85.1 Å². The number of carbonyl (C=O) groups excluding carboxylic acids is 1. The fourth-order valence-electron chi connectivity index (χ4n) is 8.48. The molecule has 0 saturated heterocycles. The van der Waals surface area contributed by atoms with Crippen LogP contribution in [0.1, 0.15) is 251 Å². The maximum absolute atomic E-state index is 13.0. The lowest BCUT2D eigenvalue weighted by molar-refractivity contribution is -0.870. The van der Waals surface area contributed by atoms with E-state index in [1.165, 1.54) is 141 Å². The van der Waals surface area contributed by atoms with Crippen molar-refractivity contribution >= 4 is 13.7 Å². The maximum Gasteiger partial charge on any atom is 0.472 e. The number of hydrogen-bond acceptors (Lipinski definition) is 6. The van der Waals surface area contributed by atoms with Crippen LogP contribution in [0.4, 0.5) is 0 Å². The second kappa shape index (κ2) is 53.1. The Hall–Kier alpha value is -2.36. The van der Waals surface area contributed by atoms with E-state index in [0.29, 0.717) is 23.9 Å². The number of unbranched alkanes of at least 4 members (excludes halogenated alkanes) is 26. The second-order valence-corrected chi connectivity index (χ2v) is 22.9. The summed E-state index contributed by atoms with van der Waals surface area (Å²) in [5.74, 6) is -0.272. The number of aliphatic hydroxyl groups is 2. The number of likely N-dealkylation sites (N-methyl/N-ethyl adjacent to an activating group) is 1. The van der Waals surface area contributed by atoms with Crippen molar-refractivity contribution in [3.63, 3.8) is 0 Å². The number of carbonyl (C=O) groups is 1. The molecule has 9 nitrogen and oxygen atoms in total. The van der Waals surface area contributed by atoms with E-state index in [4.69, 9.17) is 9.05 Å². The molecule has 0 aliphatic carbocycles. The Morgan fingerprint density at radius 1 is 0.493 bits per heavy atom. The highest BCUT2D eigenvalue weighted by Crippen LogP contribution is 2.43. The lowest BCUT2D eigenvalue weighted by atomic mass is 10.0. The topological polar surface area (TPSA) is 125 Å². The minimum atomic E-state index is -4.43. The third-order valence-electron chi connectivity index (χ3n) is 13.2. The summed E-state index contributed by atoms with van der Waals surface area (Å²) >= 11 is 0. The van der Waals surface area contributed by atoms with E-state index in [0.717, 1.165) is 77.0 Å². The number of hydrogen-bond donors (Lipinski definition) is 4. The summed E-state index contributed by atoms with van der Waals surface area (Å²) in [5.41, 5.74) is 0. The monoisotopic (exact) mass is 1040 g/mol. The molecule has 4 unspecified atom stereocenters.